The molecule has 0 spiro atoms. The molecule has 4 rings (SSSR count). The van der Waals surface area contributed by atoms with Gasteiger partial charge in [-0.15, -0.1) is 0 Å². The molecule has 0 aliphatic carbocycles. The van der Waals surface area contributed by atoms with Gasteiger partial charge in [-0.25, -0.2) is 8.78 Å². The standard InChI is InChI=1S/C25H30F2O4/c1-13(2)15-8-10-29-19-7-6-17(26)24(21(15)19)31-20-12-18(27)23(28-5)22-16(14(3)4)9-11-30-25(20)22/h6-7,12-16H,8-11H2,1-5H3. The van der Waals surface area contributed by atoms with E-state index in [9.17, 15) is 0 Å². The van der Waals surface area contributed by atoms with Crippen LogP contribution in [0, 0.1) is 23.5 Å². The van der Waals surface area contributed by atoms with E-state index >= 15 is 8.78 Å². The number of methoxy groups -OCH3 is 1. The van der Waals surface area contributed by atoms with Gasteiger partial charge in [0, 0.05) is 17.2 Å². The molecule has 0 fully saturated rings. The molecule has 2 unspecified atom stereocenters. The summed E-state index contributed by atoms with van der Waals surface area (Å²) in [5, 5.41) is 0. The number of hydrogen-bond acceptors (Lipinski definition) is 4. The summed E-state index contributed by atoms with van der Waals surface area (Å²) in [4.78, 5) is 0. The quantitative estimate of drug-likeness (QED) is 0.520. The van der Waals surface area contributed by atoms with Crippen LogP contribution in [0.2, 0.25) is 0 Å². The van der Waals surface area contributed by atoms with Crippen LogP contribution in [0.3, 0.4) is 0 Å². The average Bonchev–Trinajstić information content (AvgIpc) is 2.74. The van der Waals surface area contributed by atoms with Crippen LogP contribution in [0.5, 0.6) is 28.7 Å². The van der Waals surface area contributed by atoms with E-state index in [0.717, 1.165) is 12.8 Å². The molecule has 2 aliphatic heterocycles. The average molecular weight is 433 g/mol. The lowest BCUT2D eigenvalue weighted by molar-refractivity contribution is 0.224. The van der Waals surface area contributed by atoms with E-state index in [1.165, 1.54) is 19.2 Å². The number of hydrogen-bond donors (Lipinski definition) is 0. The Bertz CT molecular complexity index is 971. The van der Waals surface area contributed by atoms with Gasteiger partial charge in [-0.3, -0.25) is 0 Å². The maximum Gasteiger partial charge on any atom is 0.172 e. The SMILES string of the molecule is COc1c(F)cc(Oc2c(F)ccc3c2C(C(C)C)CCO3)c2c1C(C(C)C)CCO2. The predicted molar refractivity (Wildman–Crippen MR) is 115 cm³/mol. The predicted octanol–water partition coefficient (Wildman–Crippen LogP) is 6.81. The fourth-order valence-corrected chi connectivity index (χ4v) is 4.83. The van der Waals surface area contributed by atoms with Crippen molar-refractivity contribution in [2.45, 2.75) is 52.4 Å². The molecule has 0 amide bonds. The Labute approximate surface area is 182 Å². The highest BCUT2D eigenvalue weighted by Gasteiger charge is 2.35. The third-order valence-electron chi connectivity index (χ3n) is 6.42. The lowest BCUT2D eigenvalue weighted by Crippen LogP contribution is -2.21. The third kappa shape index (κ3) is 3.81. The molecule has 0 saturated carbocycles. The van der Waals surface area contributed by atoms with Crippen LogP contribution < -0.4 is 18.9 Å². The Kier molecular flexibility index (Phi) is 6.00. The lowest BCUT2D eigenvalue weighted by atomic mass is 9.83. The lowest BCUT2D eigenvalue weighted by Gasteiger charge is -2.33. The van der Waals surface area contributed by atoms with Crippen molar-refractivity contribution in [2.75, 3.05) is 20.3 Å². The molecule has 0 aromatic heterocycles. The first-order chi connectivity index (χ1) is 14.8. The molecule has 0 saturated heterocycles. The van der Waals surface area contributed by atoms with Crippen LogP contribution in [0.1, 0.15) is 63.5 Å². The van der Waals surface area contributed by atoms with Crippen molar-refractivity contribution in [3.05, 3.63) is 41.0 Å². The maximum absolute atomic E-state index is 15.0. The van der Waals surface area contributed by atoms with Crippen molar-refractivity contribution in [3.8, 4) is 28.7 Å². The number of rotatable bonds is 5. The fourth-order valence-electron chi connectivity index (χ4n) is 4.83. The molecule has 0 N–H and O–H groups in total. The Morgan fingerprint density at radius 1 is 0.871 bits per heavy atom. The molecule has 2 aromatic carbocycles. The van der Waals surface area contributed by atoms with E-state index in [0.29, 0.717) is 35.8 Å². The second kappa shape index (κ2) is 8.56. The van der Waals surface area contributed by atoms with Crippen molar-refractivity contribution in [2.24, 2.45) is 11.8 Å². The normalized spacial score (nSPS) is 20.0. The molecular formula is C25H30F2O4. The summed E-state index contributed by atoms with van der Waals surface area (Å²) >= 11 is 0. The third-order valence-corrected chi connectivity index (χ3v) is 6.42. The number of halogens is 2. The van der Waals surface area contributed by atoms with Gasteiger partial charge < -0.3 is 18.9 Å². The molecule has 2 aliphatic rings. The largest absolute Gasteiger partial charge is 0.493 e. The van der Waals surface area contributed by atoms with Gasteiger partial charge in [-0.2, -0.15) is 0 Å². The highest BCUT2D eigenvalue weighted by molar-refractivity contribution is 5.60. The van der Waals surface area contributed by atoms with Crippen molar-refractivity contribution in [3.63, 3.8) is 0 Å². The maximum atomic E-state index is 15.0. The smallest absolute Gasteiger partial charge is 0.172 e. The van der Waals surface area contributed by atoms with Crippen LogP contribution in [0.25, 0.3) is 0 Å². The van der Waals surface area contributed by atoms with E-state index in [1.807, 2.05) is 0 Å². The number of ether oxygens (including phenoxy) is 4. The summed E-state index contributed by atoms with van der Waals surface area (Å²) in [5.41, 5.74) is 1.35. The van der Waals surface area contributed by atoms with E-state index in [4.69, 9.17) is 18.9 Å². The molecule has 2 atom stereocenters. The first kappa shape index (κ1) is 21.7. The van der Waals surface area contributed by atoms with Gasteiger partial charge in [0.05, 0.1) is 20.3 Å². The van der Waals surface area contributed by atoms with Crippen LogP contribution in [-0.4, -0.2) is 20.3 Å². The Balaban J connectivity index is 1.87. The Hall–Kier alpha value is -2.50. The molecule has 168 valence electrons. The van der Waals surface area contributed by atoms with E-state index < -0.39 is 11.6 Å². The first-order valence-corrected chi connectivity index (χ1v) is 11.0. The first-order valence-electron chi connectivity index (χ1n) is 11.0. The molecule has 0 bridgehead atoms. The molecule has 31 heavy (non-hydrogen) atoms. The molecule has 6 heteroatoms. The van der Waals surface area contributed by atoms with Gasteiger partial charge in [0.2, 0.25) is 0 Å². The van der Waals surface area contributed by atoms with Crippen molar-refractivity contribution >= 4 is 0 Å². The van der Waals surface area contributed by atoms with Gasteiger partial charge in [-0.1, -0.05) is 27.7 Å². The minimum absolute atomic E-state index is 0.0537. The summed E-state index contributed by atoms with van der Waals surface area (Å²) in [6, 6.07) is 4.20. The minimum atomic E-state index is -0.547. The van der Waals surface area contributed by atoms with E-state index in [2.05, 4.69) is 27.7 Å². The Morgan fingerprint density at radius 2 is 1.52 bits per heavy atom. The van der Waals surface area contributed by atoms with Crippen LogP contribution >= 0.6 is 0 Å². The highest BCUT2D eigenvalue weighted by atomic mass is 19.1. The Morgan fingerprint density at radius 3 is 2.16 bits per heavy atom. The van der Waals surface area contributed by atoms with Crippen LogP contribution in [-0.2, 0) is 0 Å². The monoisotopic (exact) mass is 432 g/mol. The summed E-state index contributed by atoms with van der Waals surface area (Å²) in [7, 11) is 1.45. The summed E-state index contributed by atoms with van der Waals surface area (Å²) in [6.07, 6.45) is 1.52. The van der Waals surface area contributed by atoms with Gasteiger partial charge in [-0.05, 0) is 48.6 Å². The van der Waals surface area contributed by atoms with Crippen molar-refractivity contribution in [1.82, 2.24) is 0 Å². The minimum Gasteiger partial charge on any atom is -0.493 e. The molecule has 0 radical (unpaired) electrons. The molecular weight excluding hydrogens is 402 g/mol. The second-order valence-electron chi connectivity index (χ2n) is 9.00. The van der Waals surface area contributed by atoms with Gasteiger partial charge in [0.1, 0.15) is 5.75 Å². The van der Waals surface area contributed by atoms with E-state index in [1.54, 1.807) is 6.07 Å². The fraction of sp³-hybridized carbons (Fsp3) is 0.520. The van der Waals surface area contributed by atoms with Crippen LogP contribution in [0.4, 0.5) is 8.78 Å². The highest BCUT2D eigenvalue weighted by Crippen LogP contribution is 2.52. The molecule has 2 heterocycles. The zero-order valence-corrected chi connectivity index (χ0v) is 18.8. The number of benzene rings is 2. The van der Waals surface area contributed by atoms with Crippen molar-refractivity contribution < 1.29 is 27.7 Å². The van der Waals surface area contributed by atoms with Gasteiger partial charge >= 0.3 is 0 Å². The second-order valence-corrected chi connectivity index (χ2v) is 9.00. The number of fused-ring (bicyclic) bond motifs is 2. The molecule has 4 nitrogen and oxygen atoms in total. The topological polar surface area (TPSA) is 36.9 Å². The van der Waals surface area contributed by atoms with Crippen molar-refractivity contribution in [1.29, 1.82) is 0 Å². The van der Waals surface area contributed by atoms with Gasteiger partial charge in [0.25, 0.3) is 0 Å². The molecule has 2 aromatic rings. The zero-order valence-electron chi connectivity index (χ0n) is 18.8. The zero-order chi connectivity index (χ0) is 22.3. The summed E-state index contributed by atoms with van der Waals surface area (Å²) in [5.74, 6) is 1.07. The summed E-state index contributed by atoms with van der Waals surface area (Å²) < 4.78 is 53.3. The summed E-state index contributed by atoms with van der Waals surface area (Å²) in [6.45, 7) is 9.42. The van der Waals surface area contributed by atoms with Gasteiger partial charge in [0.15, 0.2) is 34.6 Å². The van der Waals surface area contributed by atoms with Crippen LogP contribution in [0.15, 0.2) is 18.2 Å². The van der Waals surface area contributed by atoms with E-state index in [-0.39, 0.29) is 40.9 Å².